The van der Waals surface area contributed by atoms with Crippen molar-refractivity contribution < 1.29 is 19.1 Å². The van der Waals surface area contributed by atoms with E-state index in [0.29, 0.717) is 16.3 Å². The minimum atomic E-state index is -0.840. The van der Waals surface area contributed by atoms with E-state index < -0.39 is 17.8 Å². The zero-order valence-corrected chi connectivity index (χ0v) is 15.8. The highest BCUT2D eigenvalue weighted by Crippen LogP contribution is 2.31. The van der Waals surface area contributed by atoms with E-state index in [-0.39, 0.29) is 12.2 Å². The van der Waals surface area contributed by atoms with Crippen LogP contribution in [0, 0.1) is 0 Å². The Balaban J connectivity index is 1.77. The van der Waals surface area contributed by atoms with Gasteiger partial charge in [-0.25, -0.2) is 4.79 Å². The summed E-state index contributed by atoms with van der Waals surface area (Å²) in [6.45, 7) is 0.256. The van der Waals surface area contributed by atoms with E-state index >= 15 is 0 Å². The van der Waals surface area contributed by atoms with Crippen molar-refractivity contribution in [2.24, 2.45) is 0 Å². The first-order valence-electron chi connectivity index (χ1n) is 8.78. The Labute approximate surface area is 171 Å². The molecule has 0 bridgehead atoms. The molecule has 4 rings (SSSR count). The summed E-state index contributed by atoms with van der Waals surface area (Å²) >= 11 is 6.03. The molecule has 0 aliphatic carbocycles. The summed E-state index contributed by atoms with van der Waals surface area (Å²) in [6, 6.07) is 17.7. The van der Waals surface area contributed by atoms with E-state index in [9.17, 15) is 14.4 Å². The Kier molecular flexibility index (Phi) is 5.01. The molecule has 3 aromatic rings. The van der Waals surface area contributed by atoms with Gasteiger partial charge in [-0.1, -0.05) is 54.1 Å². The first-order chi connectivity index (χ1) is 14.0. The number of halogens is 1. The van der Waals surface area contributed by atoms with Crippen molar-refractivity contribution in [3.63, 3.8) is 0 Å². The van der Waals surface area contributed by atoms with Gasteiger partial charge in [0, 0.05) is 10.6 Å². The molecule has 1 aliphatic heterocycles. The number of benzene rings is 3. The molecular formula is C22H15ClN2O4. The van der Waals surface area contributed by atoms with Crippen LogP contribution < -0.4 is 15.4 Å². The first kappa shape index (κ1) is 18.7. The second-order valence-electron chi connectivity index (χ2n) is 6.41. The van der Waals surface area contributed by atoms with Crippen LogP contribution in [0.1, 0.15) is 11.1 Å². The average molecular weight is 407 g/mol. The number of fused-ring (bicyclic) bond motifs is 1. The molecule has 144 valence electrons. The lowest BCUT2D eigenvalue weighted by molar-refractivity contribution is -0.123. The number of hydrogen-bond acceptors (Lipinski definition) is 4. The van der Waals surface area contributed by atoms with E-state index in [2.05, 4.69) is 10.6 Å². The highest BCUT2D eigenvalue weighted by molar-refractivity contribution is 6.31. The number of hydrogen-bond donors (Lipinski definition) is 2. The van der Waals surface area contributed by atoms with E-state index in [1.54, 1.807) is 18.2 Å². The number of carbonyl (C=O) groups is 3. The molecule has 29 heavy (non-hydrogen) atoms. The molecule has 1 saturated heterocycles. The molecule has 6 nitrogen and oxygen atoms in total. The standard InChI is InChI=1S/C22H15ClN2O4/c23-15-6-3-4-13(10-15)12-29-19-9-8-14-5-1-2-7-16(14)17(19)11-18-20(26)24-22(28)25-21(18)27/h1-11H,12H2,(H2,24,25,26,27,28). The molecule has 2 N–H and O–H groups in total. The Hall–Kier alpha value is -3.64. The first-order valence-corrected chi connectivity index (χ1v) is 9.16. The quantitative estimate of drug-likeness (QED) is 0.509. The molecule has 1 heterocycles. The Morgan fingerprint density at radius 3 is 2.41 bits per heavy atom. The second-order valence-corrected chi connectivity index (χ2v) is 6.85. The number of carbonyl (C=O) groups excluding carboxylic acids is 3. The largest absolute Gasteiger partial charge is 0.488 e. The maximum atomic E-state index is 12.2. The second kappa shape index (κ2) is 7.77. The maximum absolute atomic E-state index is 12.2. The lowest BCUT2D eigenvalue weighted by Gasteiger charge is -2.16. The van der Waals surface area contributed by atoms with Crippen LogP contribution in [0.15, 0.2) is 66.2 Å². The molecule has 4 amide bonds. The number of imide groups is 2. The van der Waals surface area contributed by atoms with Crippen LogP contribution in [0.2, 0.25) is 5.02 Å². The number of rotatable bonds is 4. The molecule has 3 aromatic carbocycles. The summed E-state index contributed by atoms with van der Waals surface area (Å²) in [5.41, 5.74) is 1.27. The van der Waals surface area contributed by atoms with Crippen molar-refractivity contribution in [1.29, 1.82) is 0 Å². The Bertz CT molecular complexity index is 1160. The summed E-state index contributed by atoms with van der Waals surface area (Å²) in [5, 5.41) is 6.49. The van der Waals surface area contributed by atoms with Crippen LogP contribution in [-0.4, -0.2) is 17.8 Å². The predicted octanol–water partition coefficient (Wildman–Crippen LogP) is 3.82. The van der Waals surface area contributed by atoms with E-state index in [1.807, 2.05) is 42.5 Å². The van der Waals surface area contributed by atoms with Gasteiger partial charge in [-0.2, -0.15) is 0 Å². The van der Waals surface area contributed by atoms with Crippen LogP contribution in [0.5, 0.6) is 5.75 Å². The van der Waals surface area contributed by atoms with Gasteiger partial charge >= 0.3 is 6.03 Å². The Morgan fingerprint density at radius 1 is 0.897 bits per heavy atom. The van der Waals surface area contributed by atoms with Crippen LogP contribution in [-0.2, 0) is 16.2 Å². The number of amides is 4. The van der Waals surface area contributed by atoms with Crippen LogP contribution in [0.25, 0.3) is 16.8 Å². The number of urea groups is 1. The molecule has 1 fully saturated rings. The topological polar surface area (TPSA) is 84.5 Å². The maximum Gasteiger partial charge on any atom is 0.328 e. The highest BCUT2D eigenvalue weighted by Gasteiger charge is 2.28. The van der Waals surface area contributed by atoms with Gasteiger partial charge < -0.3 is 4.74 Å². The molecule has 0 radical (unpaired) electrons. The molecule has 0 unspecified atom stereocenters. The third-order valence-electron chi connectivity index (χ3n) is 4.45. The minimum Gasteiger partial charge on any atom is -0.488 e. The van der Waals surface area contributed by atoms with E-state index in [1.165, 1.54) is 6.08 Å². The number of nitrogens with one attached hydrogen (secondary N) is 2. The fraction of sp³-hybridized carbons (Fsp3) is 0.0455. The van der Waals surface area contributed by atoms with Gasteiger partial charge in [-0.3, -0.25) is 20.2 Å². The molecule has 0 saturated carbocycles. The van der Waals surface area contributed by atoms with Crippen LogP contribution >= 0.6 is 11.6 Å². The normalized spacial score (nSPS) is 13.8. The zero-order valence-electron chi connectivity index (χ0n) is 15.1. The lowest BCUT2D eigenvalue weighted by Crippen LogP contribution is -2.51. The van der Waals surface area contributed by atoms with E-state index in [4.69, 9.17) is 16.3 Å². The molecule has 0 atom stereocenters. The van der Waals surface area contributed by atoms with Gasteiger partial charge in [0.2, 0.25) is 0 Å². The van der Waals surface area contributed by atoms with Gasteiger partial charge in [-0.15, -0.1) is 0 Å². The van der Waals surface area contributed by atoms with Crippen LogP contribution in [0.4, 0.5) is 4.79 Å². The molecule has 1 aliphatic rings. The predicted molar refractivity (Wildman–Crippen MR) is 109 cm³/mol. The van der Waals surface area contributed by atoms with Gasteiger partial charge in [0.25, 0.3) is 11.8 Å². The summed E-state index contributed by atoms with van der Waals surface area (Å²) in [4.78, 5) is 35.7. The van der Waals surface area contributed by atoms with Crippen molar-refractivity contribution >= 4 is 46.3 Å². The zero-order chi connectivity index (χ0) is 20.4. The van der Waals surface area contributed by atoms with Crippen molar-refractivity contribution in [1.82, 2.24) is 10.6 Å². The lowest BCUT2D eigenvalue weighted by atomic mass is 10.00. The smallest absolute Gasteiger partial charge is 0.328 e. The molecular weight excluding hydrogens is 392 g/mol. The summed E-state index contributed by atoms with van der Waals surface area (Å²) in [5.74, 6) is -1.02. The van der Waals surface area contributed by atoms with Crippen molar-refractivity contribution in [2.45, 2.75) is 6.61 Å². The van der Waals surface area contributed by atoms with E-state index in [0.717, 1.165) is 16.3 Å². The average Bonchev–Trinajstić information content (AvgIpc) is 2.69. The third-order valence-corrected chi connectivity index (χ3v) is 4.68. The number of barbiturate groups is 1. The van der Waals surface area contributed by atoms with Crippen LogP contribution in [0.3, 0.4) is 0 Å². The van der Waals surface area contributed by atoms with Gasteiger partial charge in [-0.05, 0) is 40.6 Å². The fourth-order valence-electron chi connectivity index (χ4n) is 3.09. The minimum absolute atomic E-state index is 0.173. The van der Waals surface area contributed by atoms with Gasteiger partial charge in [0.1, 0.15) is 17.9 Å². The third kappa shape index (κ3) is 3.97. The summed E-state index contributed by atoms with van der Waals surface area (Å²) < 4.78 is 5.99. The highest BCUT2D eigenvalue weighted by atomic mass is 35.5. The summed E-state index contributed by atoms with van der Waals surface area (Å²) in [6.07, 6.45) is 1.44. The molecule has 0 aromatic heterocycles. The molecule has 7 heteroatoms. The summed E-state index contributed by atoms with van der Waals surface area (Å²) in [7, 11) is 0. The van der Waals surface area contributed by atoms with Gasteiger partial charge in [0.15, 0.2) is 0 Å². The van der Waals surface area contributed by atoms with Crippen molar-refractivity contribution in [3.8, 4) is 5.75 Å². The Morgan fingerprint density at radius 2 is 1.66 bits per heavy atom. The molecule has 0 spiro atoms. The number of ether oxygens (including phenoxy) is 1. The van der Waals surface area contributed by atoms with Crippen molar-refractivity contribution in [3.05, 3.63) is 82.4 Å². The monoisotopic (exact) mass is 406 g/mol. The van der Waals surface area contributed by atoms with Crippen molar-refractivity contribution in [2.75, 3.05) is 0 Å². The van der Waals surface area contributed by atoms with Gasteiger partial charge in [0.05, 0.1) is 0 Å². The fourth-order valence-corrected chi connectivity index (χ4v) is 3.30. The SMILES string of the molecule is O=C1NC(=O)C(=Cc2c(OCc3cccc(Cl)c3)ccc3ccccc23)C(=O)N1.